The van der Waals surface area contributed by atoms with Gasteiger partial charge in [0.05, 0.1) is 17.8 Å². The van der Waals surface area contributed by atoms with Gasteiger partial charge in [-0.05, 0) is 12.1 Å². The molecule has 20 heavy (non-hydrogen) atoms. The standard InChI is InChI=1S/C14H14N4OS/c19-13-12-9-17(14-16-4-5-20-14)7-10(12)8-18(13)11-2-1-3-15-6-11/h1-6,10,12H,7-9H2/t10-,12-/m0/s1. The first-order valence-corrected chi connectivity index (χ1v) is 7.57. The van der Waals surface area contributed by atoms with Gasteiger partial charge in [-0.25, -0.2) is 4.98 Å². The van der Waals surface area contributed by atoms with Crippen LogP contribution in [0, 0.1) is 11.8 Å². The molecule has 4 heterocycles. The van der Waals surface area contributed by atoms with E-state index in [1.54, 1.807) is 23.7 Å². The zero-order valence-electron chi connectivity index (χ0n) is 10.8. The molecular formula is C14H14N4OS. The molecule has 0 saturated carbocycles. The van der Waals surface area contributed by atoms with E-state index < -0.39 is 0 Å². The Labute approximate surface area is 120 Å². The molecule has 6 heteroatoms. The summed E-state index contributed by atoms with van der Waals surface area (Å²) in [6.45, 7) is 2.49. The largest absolute Gasteiger partial charge is 0.347 e. The third kappa shape index (κ3) is 1.79. The Bertz CT molecular complexity index is 615. The Morgan fingerprint density at radius 2 is 2.20 bits per heavy atom. The number of anilines is 2. The van der Waals surface area contributed by atoms with E-state index in [0.29, 0.717) is 5.92 Å². The first kappa shape index (κ1) is 11.8. The van der Waals surface area contributed by atoms with Gasteiger partial charge in [0, 0.05) is 43.3 Å². The number of aromatic nitrogens is 2. The number of amides is 1. The fourth-order valence-electron chi connectivity index (χ4n) is 3.14. The summed E-state index contributed by atoms with van der Waals surface area (Å²) in [5.74, 6) is 0.716. The molecule has 4 rings (SSSR count). The molecule has 0 aromatic carbocycles. The first-order chi connectivity index (χ1) is 9.83. The average Bonchev–Trinajstić information content (AvgIpc) is 3.17. The molecule has 0 radical (unpaired) electrons. The van der Waals surface area contributed by atoms with Crippen LogP contribution in [0.25, 0.3) is 0 Å². The van der Waals surface area contributed by atoms with Gasteiger partial charge in [0.15, 0.2) is 5.13 Å². The number of carbonyl (C=O) groups is 1. The normalized spacial score (nSPS) is 25.3. The van der Waals surface area contributed by atoms with Crippen LogP contribution >= 0.6 is 11.3 Å². The first-order valence-electron chi connectivity index (χ1n) is 6.69. The molecular weight excluding hydrogens is 272 g/mol. The van der Waals surface area contributed by atoms with Crippen molar-refractivity contribution in [2.24, 2.45) is 11.8 Å². The van der Waals surface area contributed by atoms with Gasteiger partial charge in [-0.15, -0.1) is 11.3 Å². The van der Waals surface area contributed by atoms with Gasteiger partial charge < -0.3 is 9.80 Å². The molecule has 2 aliphatic heterocycles. The number of hydrogen-bond donors (Lipinski definition) is 0. The minimum absolute atomic E-state index is 0.0964. The van der Waals surface area contributed by atoms with Crippen molar-refractivity contribution in [3.05, 3.63) is 36.1 Å². The molecule has 2 fully saturated rings. The summed E-state index contributed by atoms with van der Waals surface area (Å²) in [7, 11) is 0. The summed E-state index contributed by atoms with van der Waals surface area (Å²) in [5.41, 5.74) is 0.910. The van der Waals surface area contributed by atoms with Crippen molar-refractivity contribution in [1.82, 2.24) is 9.97 Å². The molecule has 2 aromatic heterocycles. The van der Waals surface area contributed by atoms with E-state index in [4.69, 9.17) is 0 Å². The Morgan fingerprint density at radius 3 is 2.90 bits per heavy atom. The highest BCUT2D eigenvalue weighted by atomic mass is 32.1. The second-order valence-electron chi connectivity index (χ2n) is 5.25. The van der Waals surface area contributed by atoms with E-state index in [9.17, 15) is 4.79 Å². The molecule has 2 aromatic rings. The summed E-state index contributed by atoms with van der Waals surface area (Å²) in [6, 6.07) is 3.82. The second-order valence-corrected chi connectivity index (χ2v) is 6.12. The maximum Gasteiger partial charge on any atom is 0.232 e. The maximum absolute atomic E-state index is 12.6. The van der Waals surface area contributed by atoms with Crippen molar-refractivity contribution in [2.75, 3.05) is 29.4 Å². The molecule has 1 amide bonds. The minimum atomic E-state index is 0.0964. The van der Waals surface area contributed by atoms with Crippen LogP contribution in [-0.4, -0.2) is 35.5 Å². The van der Waals surface area contributed by atoms with Crippen molar-refractivity contribution in [3.63, 3.8) is 0 Å². The molecule has 2 saturated heterocycles. The highest BCUT2D eigenvalue weighted by molar-refractivity contribution is 7.13. The SMILES string of the molecule is O=C1[C@H]2CN(c3nccs3)C[C@H]2CN1c1cccnc1. The van der Waals surface area contributed by atoms with Crippen molar-refractivity contribution >= 4 is 28.1 Å². The summed E-state index contributed by atoms with van der Waals surface area (Å²) < 4.78 is 0. The van der Waals surface area contributed by atoms with Crippen LogP contribution < -0.4 is 9.80 Å². The predicted octanol–water partition coefficient (Wildman–Crippen LogP) is 1.64. The van der Waals surface area contributed by atoms with E-state index >= 15 is 0 Å². The predicted molar refractivity (Wildman–Crippen MR) is 77.9 cm³/mol. The smallest absolute Gasteiger partial charge is 0.232 e. The molecule has 0 unspecified atom stereocenters. The Hall–Kier alpha value is -1.95. The van der Waals surface area contributed by atoms with Crippen LogP contribution in [0.3, 0.4) is 0 Å². The van der Waals surface area contributed by atoms with Crippen LogP contribution in [0.4, 0.5) is 10.8 Å². The second kappa shape index (κ2) is 4.56. The third-order valence-electron chi connectivity index (χ3n) is 4.09. The van der Waals surface area contributed by atoms with E-state index in [-0.39, 0.29) is 11.8 Å². The maximum atomic E-state index is 12.6. The van der Waals surface area contributed by atoms with E-state index in [2.05, 4.69) is 14.9 Å². The van der Waals surface area contributed by atoms with E-state index in [1.807, 2.05) is 28.6 Å². The zero-order chi connectivity index (χ0) is 13.5. The lowest BCUT2D eigenvalue weighted by Crippen LogP contribution is -2.32. The molecule has 2 atom stereocenters. The topological polar surface area (TPSA) is 49.3 Å². The van der Waals surface area contributed by atoms with E-state index in [1.165, 1.54) is 0 Å². The van der Waals surface area contributed by atoms with Gasteiger partial charge in [0.25, 0.3) is 0 Å². The summed E-state index contributed by atoms with van der Waals surface area (Å²) in [5, 5.41) is 3.01. The Morgan fingerprint density at radius 1 is 1.25 bits per heavy atom. The molecule has 0 bridgehead atoms. The number of nitrogens with zero attached hydrogens (tertiary/aromatic N) is 4. The fourth-order valence-corrected chi connectivity index (χ4v) is 3.80. The van der Waals surface area contributed by atoms with Gasteiger partial charge in [0.2, 0.25) is 5.91 Å². The van der Waals surface area contributed by atoms with Crippen LogP contribution in [-0.2, 0) is 4.79 Å². The van der Waals surface area contributed by atoms with Crippen LogP contribution in [0.15, 0.2) is 36.1 Å². The number of pyridine rings is 1. The summed E-state index contributed by atoms with van der Waals surface area (Å²) in [6.07, 6.45) is 5.31. The number of carbonyl (C=O) groups excluding carboxylic acids is 1. The molecule has 2 aliphatic rings. The van der Waals surface area contributed by atoms with E-state index in [0.717, 1.165) is 30.5 Å². The lowest BCUT2D eigenvalue weighted by atomic mass is 10.0. The summed E-state index contributed by atoms with van der Waals surface area (Å²) in [4.78, 5) is 25.1. The quantitative estimate of drug-likeness (QED) is 0.842. The van der Waals surface area contributed by atoms with Gasteiger partial charge in [0.1, 0.15) is 0 Å². The highest BCUT2D eigenvalue weighted by Crippen LogP contribution is 2.37. The van der Waals surface area contributed by atoms with Crippen molar-refractivity contribution < 1.29 is 4.79 Å². The van der Waals surface area contributed by atoms with Crippen molar-refractivity contribution in [3.8, 4) is 0 Å². The highest BCUT2D eigenvalue weighted by Gasteiger charge is 2.47. The molecule has 0 aliphatic carbocycles. The van der Waals surface area contributed by atoms with Crippen molar-refractivity contribution in [2.45, 2.75) is 0 Å². The molecule has 0 N–H and O–H groups in total. The lowest BCUT2D eigenvalue weighted by Gasteiger charge is -2.21. The fraction of sp³-hybridized carbons (Fsp3) is 0.357. The number of thiazole rings is 1. The Kier molecular flexibility index (Phi) is 2.70. The average molecular weight is 286 g/mol. The minimum Gasteiger partial charge on any atom is -0.347 e. The molecule has 0 spiro atoms. The van der Waals surface area contributed by atoms with Gasteiger partial charge in [-0.2, -0.15) is 0 Å². The van der Waals surface area contributed by atoms with Gasteiger partial charge in [-0.3, -0.25) is 9.78 Å². The number of hydrogen-bond acceptors (Lipinski definition) is 5. The summed E-state index contributed by atoms with van der Waals surface area (Å²) >= 11 is 1.64. The molecule has 5 nitrogen and oxygen atoms in total. The zero-order valence-corrected chi connectivity index (χ0v) is 11.7. The van der Waals surface area contributed by atoms with Gasteiger partial charge in [-0.1, -0.05) is 0 Å². The number of rotatable bonds is 2. The van der Waals surface area contributed by atoms with Crippen LogP contribution in [0.2, 0.25) is 0 Å². The molecule has 102 valence electrons. The van der Waals surface area contributed by atoms with Gasteiger partial charge >= 0.3 is 0 Å². The van der Waals surface area contributed by atoms with Crippen LogP contribution in [0.5, 0.6) is 0 Å². The lowest BCUT2D eigenvalue weighted by molar-refractivity contribution is -0.120. The Balaban J connectivity index is 1.54. The third-order valence-corrected chi connectivity index (χ3v) is 4.92. The number of fused-ring (bicyclic) bond motifs is 1. The van der Waals surface area contributed by atoms with Crippen LogP contribution in [0.1, 0.15) is 0 Å². The van der Waals surface area contributed by atoms with Crippen molar-refractivity contribution in [1.29, 1.82) is 0 Å². The monoisotopic (exact) mass is 286 g/mol.